The van der Waals surface area contributed by atoms with Gasteiger partial charge in [-0.25, -0.2) is 0 Å². The van der Waals surface area contributed by atoms with Gasteiger partial charge in [0.25, 0.3) is 0 Å². The second kappa shape index (κ2) is 5.76. The topological polar surface area (TPSA) is 47.7 Å². The zero-order chi connectivity index (χ0) is 14.9. The normalized spacial score (nSPS) is 21.8. The lowest BCUT2D eigenvalue weighted by atomic mass is 9.85. The Kier molecular flexibility index (Phi) is 3.98. The second-order valence-electron chi connectivity index (χ2n) is 6.99. The van der Waals surface area contributed by atoms with E-state index >= 15 is 0 Å². The molecule has 0 bridgehead atoms. The molecular formula is C17H26N2O2. The summed E-state index contributed by atoms with van der Waals surface area (Å²) in [6.45, 7) is 9.15. The van der Waals surface area contributed by atoms with Gasteiger partial charge in [0, 0.05) is 18.3 Å². The van der Waals surface area contributed by atoms with Crippen molar-refractivity contribution in [2.75, 3.05) is 32.0 Å². The highest BCUT2D eigenvalue weighted by molar-refractivity contribution is 5.58. The molecule has 2 N–H and O–H groups in total. The number of hydrogen-bond donors (Lipinski definition) is 1. The zero-order valence-corrected chi connectivity index (χ0v) is 13.2. The van der Waals surface area contributed by atoms with Crippen molar-refractivity contribution in [3.8, 4) is 11.5 Å². The van der Waals surface area contributed by atoms with Gasteiger partial charge in [-0.1, -0.05) is 13.8 Å². The van der Waals surface area contributed by atoms with Gasteiger partial charge < -0.3 is 15.2 Å². The first-order valence-electron chi connectivity index (χ1n) is 7.94. The van der Waals surface area contributed by atoms with E-state index < -0.39 is 0 Å². The first kappa shape index (κ1) is 14.5. The molecule has 0 saturated carbocycles. The van der Waals surface area contributed by atoms with E-state index in [4.69, 9.17) is 15.2 Å². The van der Waals surface area contributed by atoms with Gasteiger partial charge in [-0.2, -0.15) is 0 Å². The summed E-state index contributed by atoms with van der Waals surface area (Å²) in [6, 6.07) is 3.96. The first-order chi connectivity index (χ1) is 10.0. The Labute approximate surface area is 127 Å². The van der Waals surface area contributed by atoms with Gasteiger partial charge >= 0.3 is 0 Å². The quantitative estimate of drug-likeness (QED) is 0.850. The Hall–Kier alpha value is -1.42. The molecule has 0 atom stereocenters. The van der Waals surface area contributed by atoms with Crippen molar-refractivity contribution < 1.29 is 9.47 Å². The molecule has 4 nitrogen and oxygen atoms in total. The van der Waals surface area contributed by atoms with Crippen LogP contribution in [0.15, 0.2) is 12.1 Å². The van der Waals surface area contributed by atoms with E-state index in [1.165, 1.54) is 19.3 Å². The van der Waals surface area contributed by atoms with Crippen LogP contribution in [0.1, 0.15) is 38.7 Å². The van der Waals surface area contributed by atoms with Gasteiger partial charge in [-0.05, 0) is 49.4 Å². The van der Waals surface area contributed by atoms with E-state index in [9.17, 15) is 0 Å². The van der Waals surface area contributed by atoms with Gasteiger partial charge in [0.1, 0.15) is 13.2 Å². The van der Waals surface area contributed by atoms with Crippen molar-refractivity contribution >= 4 is 5.69 Å². The molecule has 3 rings (SSSR count). The Morgan fingerprint density at radius 1 is 1.10 bits per heavy atom. The van der Waals surface area contributed by atoms with Crippen molar-refractivity contribution in [2.24, 2.45) is 5.41 Å². The van der Waals surface area contributed by atoms with E-state index in [1.807, 2.05) is 6.07 Å². The minimum atomic E-state index is 0.465. The highest BCUT2D eigenvalue weighted by Crippen LogP contribution is 2.36. The number of fused-ring (bicyclic) bond motifs is 1. The lowest BCUT2D eigenvalue weighted by Gasteiger charge is -2.25. The van der Waals surface area contributed by atoms with Crippen LogP contribution in [0.3, 0.4) is 0 Å². The highest BCUT2D eigenvalue weighted by atomic mass is 16.6. The van der Waals surface area contributed by atoms with Crippen LogP contribution in [0.25, 0.3) is 0 Å². The molecule has 21 heavy (non-hydrogen) atoms. The molecular weight excluding hydrogens is 264 g/mol. The van der Waals surface area contributed by atoms with Crippen molar-refractivity contribution in [2.45, 2.75) is 39.7 Å². The maximum absolute atomic E-state index is 6.19. The van der Waals surface area contributed by atoms with Crippen LogP contribution in [0.2, 0.25) is 0 Å². The van der Waals surface area contributed by atoms with E-state index in [1.54, 1.807) is 0 Å². The molecule has 0 aromatic heterocycles. The SMILES string of the molecule is CC1(C)CCCN(Cc2cc3c(cc2N)OCCO3)CC1. The summed E-state index contributed by atoms with van der Waals surface area (Å²) in [6.07, 6.45) is 3.81. The molecule has 116 valence electrons. The third-order valence-corrected chi connectivity index (χ3v) is 4.63. The monoisotopic (exact) mass is 290 g/mol. The predicted octanol–water partition coefficient (Wildman–Crippen LogP) is 3.05. The summed E-state index contributed by atoms with van der Waals surface area (Å²) in [4.78, 5) is 2.51. The molecule has 0 aliphatic carbocycles. The van der Waals surface area contributed by atoms with Crippen molar-refractivity contribution in [1.29, 1.82) is 0 Å². The third kappa shape index (κ3) is 3.43. The van der Waals surface area contributed by atoms with Gasteiger partial charge in [0.15, 0.2) is 11.5 Å². The summed E-state index contributed by atoms with van der Waals surface area (Å²) in [5.74, 6) is 1.61. The fourth-order valence-corrected chi connectivity index (χ4v) is 3.16. The van der Waals surface area contributed by atoms with Crippen LogP contribution in [-0.2, 0) is 6.54 Å². The molecule has 1 saturated heterocycles. The predicted molar refractivity (Wildman–Crippen MR) is 84.8 cm³/mol. The number of ether oxygens (including phenoxy) is 2. The Morgan fingerprint density at radius 3 is 2.57 bits per heavy atom. The van der Waals surface area contributed by atoms with E-state index in [0.29, 0.717) is 18.6 Å². The highest BCUT2D eigenvalue weighted by Gasteiger charge is 2.24. The second-order valence-corrected chi connectivity index (χ2v) is 6.99. The maximum atomic E-state index is 6.19. The van der Waals surface area contributed by atoms with E-state index in [0.717, 1.165) is 42.4 Å². The minimum absolute atomic E-state index is 0.465. The van der Waals surface area contributed by atoms with Crippen molar-refractivity contribution in [3.63, 3.8) is 0 Å². The molecule has 2 aliphatic rings. The first-order valence-corrected chi connectivity index (χ1v) is 7.94. The van der Waals surface area contributed by atoms with Gasteiger partial charge in [0.2, 0.25) is 0 Å². The number of likely N-dealkylation sites (tertiary alicyclic amines) is 1. The molecule has 1 fully saturated rings. The molecule has 2 aliphatic heterocycles. The number of nitrogens with zero attached hydrogens (tertiary/aromatic N) is 1. The summed E-state index contributed by atoms with van der Waals surface area (Å²) >= 11 is 0. The molecule has 1 aromatic rings. The number of anilines is 1. The van der Waals surface area contributed by atoms with Gasteiger partial charge in [-0.3, -0.25) is 4.90 Å². The minimum Gasteiger partial charge on any atom is -0.486 e. The Morgan fingerprint density at radius 2 is 1.81 bits per heavy atom. The molecule has 0 amide bonds. The van der Waals surface area contributed by atoms with Gasteiger partial charge in [-0.15, -0.1) is 0 Å². The van der Waals surface area contributed by atoms with Crippen molar-refractivity contribution in [1.82, 2.24) is 4.90 Å². The Bertz CT molecular complexity index is 514. The third-order valence-electron chi connectivity index (χ3n) is 4.63. The van der Waals surface area contributed by atoms with Crippen LogP contribution in [0, 0.1) is 5.41 Å². The largest absolute Gasteiger partial charge is 0.486 e. The number of hydrogen-bond acceptors (Lipinski definition) is 4. The average Bonchev–Trinajstić information content (AvgIpc) is 2.61. The number of benzene rings is 1. The number of rotatable bonds is 2. The van der Waals surface area contributed by atoms with Crippen LogP contribution in [0.4, 0.5) is 5.69 Å². The van der Waals surface area contributed by atoms with Crippen LogP contribution >= 0.6 is 0 Å². The van der Waals surface area contributed by atoms with E-state index in [-0.39, 0.29) is 0 Å². The molecule has 4 heteroatoms. The molecule has 0 radical (unpaired) electrons. The number of nitrogens with two attached hydrogens (primary N) is 1. The molecule has 2 heterocycles. The van der Waals surface area contributed by atoms with Crippen molar-refractivity contribution in [3.05, 3.63) is 17.7 Å². The zero-order valence-electron chi connectivity index (χ0n) is 13.2. The van der Waals surface area contributed by atoms with E-state index in [2.05, 4.69) is 24.8 Å². The summed E-state index contributed by atoms with van der Waals surface area (Å²) in [5, 5.41) is 0. The number of nitrogen functional groups attached to an aromatic ring is 1. The standard InChI is InChI=1S/C17H26N2O2/c1-17(2)4-3-6-19(7-5-17)12-13-10-15-16(11-14(13)18)21-9-8-20-15/h10-11H,3-9,12,18H2,1-2H3. The molecule has 0 unspecified atom stereocenters. The van der Waals surface area contributed by atoms with Gasteiger partial charge in [0.05, 0.1) is 0 Å². The van der Waals surface area contributed by atoms with Crippen LogP contribution in [0.5, 0.6) is 11.5 Å². The average molecular weight is 290 g/mol. The molecule has 0 spiro atoms. The maximum Gasteiger partial charge on any atom is 0.163 e. The molecule has 1 aromatic carbocycles. The smallest absolute Gasteiger partial charge is 0.163 e. The lowest BCUT2D eigenvalue weighted by Crippen LogP contribution is -2.25. The lowest BCUT2D eigenvalue weighted by molar-refractivity contribution is 0.171. The Balaban J connectivity index is 1.72. The fraction of sp³-hybridized carbons (Fsp3) is 0.647. The van der Waals surface area contributed by atoms with Crippen LogP contribution in [-0.4, -0.2) is 31.2 Å². The van der Waals surface area contributed by atoms with Crippen LogP contribution < -0.4 is 15.2 Å². The summed E-state index contributed by atoms with van der Waals surface area (Å²) in [5.41, 5.74) is 8.62. The summed E-state index contributed by atoms with van der Waals surface area (Å²) < 4.78 is 11.2. The summed E-state index contributed by atoms with van der Waals surface area (Å²) in [7, 11) is 0. The fourth-order valence-electron chi connectivity index (χ4n) is 3.16.